The number of nitrogens with zero attached hydrogens (tertiary/aromatic N) is 9. The third kappa shape index (κ3) is 21.0. The minimum atomic E-state index is -0.782. The van der Waals surface area contributed by atoms with E-state index in [0.29, 0.717) is 41.6 Å². The summed E-state index contributed by atoms with van der Waals surface area (Å²) in [5.74, 6) is -0.185. The molecule has 3 amide bonds. The smallest absolute Gasteiger partial charge is 0.307 e. The highest BCUT2D eigenvalue weighted by molar-refractivity contribution is 7.08. The number of nitrogen functional groups attached to an aromatic ring is 2. The maximum Gasteiger partial charge on any atom is 0.307 e. The fourth-order valence-corrected chi connectivity index (χ4v) is 7.60. The molecule has 0 aliphatic rings. The molecule has 9 aromatic rings. The number of nitro groups is 2. The maximum atomic E-state index is 12.2. The molecular weight excluding hydrogens is 1060 g/mol. The quantitative estimate of drug-likeness (QED) is 0.0437. The second-order valence-corrected chi connectivity index (χ2v) is 18.0. The van der Waals surface area contributed by atoms with Crippen LogP contribution >= 0.6 is 34.0 Å². The number of benzene rings is 2. The molecule has 7 heterocycles. The Labute approximate surface area is 455 Å². The average Bonchev–Trinajstić information content (AvgIpc) is 4.26. The minimum Gasteiger partial charge on any atom is -0.481 e. The van der Waals surface area contributed by atoms with Crippen molar-refractivity contribution in [2.24, 2.45) is 0 Å². The van der Waals surface area contributed by atoms with Gasteiger partial charge in [-0.05, 0) is 60.9 Å². The number of hydrogen-bond donors (Lipinski definition) is 6. The molecule has 0 atom stereocenters. The lowest BCUT2D eigenvalue weighted by Gasteiger charge is -2.05. The highest BCUT2D eigenvalue weighted by atomic mass is 32.1. The monoisotopic (exact) mass is 1110 g/mol. The number of rotatable bonds is 14. The van der Waals surface area contributed by atoms with Crippen molar-refractivity contribution in [1.82, 2.24) is 34.9 Å². The van der Waals surface area contributed by atoms with Crippen LogP contribution in [0.4, 0.5) is 40.3 Å². The molecule has 7 aromatic heterocycles. The molecular formula is C51H46N14O10S3. The van der Waals surface area contributed by atoms with E-state index in [0.717, 1.165) is 40.2 Å². The van der Waals surface area contributed by atoms with Crippen LogP contribution in [0.2, 0.25) is 0 Å². The number of aryl methyl sites for hydroxylation is 2. The summed E-state index contributed by atoms with van der Waals surface area (Å²) in [6.07, 6.45) is 6.14. The molecule has 0 radical (unpaired) electrons. The number of carbonyl (C=O) groups excluding carboxylic acids is 4. The van der Waals surface area contributed by atoms with Crippen molar-refractivity contribution in [3.05, 3.63) is 220 Å². The highest BCUT2D eigenvalue weighted by Crippen LogP contribution is 2.15. The predicted molar refractivity (Wildman–Crippen MR) is 295 cm³/mol. The van der Waals surface area contributed by atoms with Gasteiger partial charge >= 0.3 is 5.97 Å². The van der Waals surface area contributed by atoms with Gasteiger partial charge in [-0.15, -0.1) is 34.0 Å². The number of Topliss-reactive ketones (excluding diaryl/α,β-unsaturated/α-hetero) is 1. The number of carboxylic acid groups (broad SMARTS) is 1. The van der Waals surface area contributed by atoms with E-state index in [4.69, 9.17) is 16.6 Å². The summed E-state index contributed by atoms with van der Waals surface area (Å²) in [5.41, 5.74) is 21.8. The van der Waals surface area contributed by atoms with Crippen LogP contribution in [-0.4, -0.2) is 79.3 Å². The summed E-state index contributed by atoms with van der Waals surface area (Å²) in [5, 5.41) is 41.6. The molecule has 0 saturated heterocycles. The Hall–Kier alpha value is -10.1. The Morgan fingerprint density at radius 3 is 1.29 bits per heavy atom. The van der Waals surface area contributed by atoms with Crippen LogP contribution in [0.5, 0.6) is 0 Å². The van der Waals surface area contributed by atoms with Crippen molar-refractivity contribution in [2.45, 2.75) is 33.1 Å². The normalized spacial score (nSPS) is 9.92. The van der Waals surface area contributed by atoms with Crippen LogP contribution < -0.4 is 27.4 Å². The Morgan fingerprint density at radius 1 is 0.513 bits per heavy atom. The third-order valence-electron chi connectivity index (χ3n) is 9.59. The van der Waals surface area contributed by atoms with Crippen LogP contribution in [-0.2, 0) is 28.9 Å². The lowest BCUT2D eigenvalue weighted by Crippen LogP contribution is -2.13. The summed E-state index contributed by atoms with van der Waals surface area (Å²) in [6, 6.07) is 27.6. The van der Waals surface area contributed by atoms with Gasteiger partial charge in [0.25, 0.3) is 29.1 Å². The molecule has 0 unspecified atom stereocenters. The van der Waals surface area contributed by atoms with E-state index in [9.17, 15) is 44.2 Å². The van der Waals surface area contributed by atoms with Gasteiger partial charge in [0, 0.05) is 47.3 Å². The molecule has 0 aliphatic heterocycles. The van der Waals surface area contributed by atoms with Crippen LogP contribution in [0.15, 0.2) is 155 Å². The van der Waals surface area contributed by atoms with E-state index in [1.54, 1.807) is 57.6 Å². The second kappa shape index (κ2) is 30.3. The van der Waals surface area contributed by atoms with Crippen LogP contribution in [0.1, 0.15) is 59.3 Å². The molecule has 27 heteroatoms. The SMILES string of the molecule is Cc1cccc(CC(=O)Cc2ccc(NC(=O)c3cscn3)nc2)c1.Cc1cccc(CC(=O)O)c1.Nc1ccc(NC(=O)c2cscn2)nc1.Nc1ccc([N+](=O)[O-])cn1.O=C(Nc1ccc([N+](=O)[O-])cn1)c1cscn1. The number of pyridine rings is 4. The first-order valence-corrected chi connectivity index (χ1v) is 25.3. The lowest BCUT2D eigenvalue weighted by molar-refractivity contribution is -0.385. The van der Waals surface area contributed by atoms with Gasteiger partial charge in [0.05, 0.1) is 44.7 Å². The largest absolute Gasteiger partial charge is 0.481 e. The first-order chi connectivity index (χ1) is 37.4. The van der Waals surface area contributed by atoms with Crippen molar-refractivity contribution in [3.63, 3.8) is 0 Å². The first kappa shape index (κ1) is 58.8. The number of nitrogens with two attached hydrogens (primary N) is 2. The van der Waals surface area contributed by atoms with E-state index >= 15 is 0 Å². The van der Waals surface area contributed by atoms with Crippen molar-refractivity contribution in [3.8, 4) is 0 Å². The van der Waals surface area contributed by atoms with Gasteiger partial charge in [-0.2, -0.15) is 0 Å². The Bertz CT molecular complexity index is 3390. The zero-order chi connectivity index (χ0) is 56.4. The third-order valence-corrected chi connectivity index (χ3v) is 11.4. The molecule has 0 spiro atoms. The van der Waals surface area contributed by atoms with Gasteiger partial charge in [0.1, 0.15) is 58.5 Å². The molecule has 0 aliphatic carbocycles. The van der Waals surface area contributed by atoms with Crippen molar-refractivity contribution < 1.29 is 38.9 Å². The number of aliphatic carboxylic acids is 1. The molecule has 9 rings (SSSR count). The van der Waals surface area contributed by atoms with E-state index in [1.807, 2.05) is 62.4 Å². The summed E-state index contributed by atoms with van der Waals surface area (Å²) >= 11 is 4.03. The molecule has 398 valence electrons. The molecule has 0 fully saturated rings. The molecule has 0 bridgehead atoms. The maximum absolute atomic E-state index is 12.2. The fourth-order valence-electron chi connectivity index (χ4n) is 6.01. The van der Waals surface area contributed by atoms with Gasteiger partial charge < -0.3 is 32.5 Å². The minimum absolute atomic E-state index is 0.0470. The highest BCUT2D eigenvalue weighted by Gasteiger charge is 2.13. The van der Waals surface area contributed by atoms with E-state index in [2.05, 4.69) is 50.8 Å². The molecule has 8 N–H and O–H groups in total. The van der Waals surface area contributed by atoms with Crippen molar-refractivity contribution in [2.75, 3.05) is 27.4 Å². The molecule has 78 heavy (non-hydrogen) atoms. The van der Waals surface area contributed by atoms with Crippen LogP contribution in [0.3, 0.4) is 0 Å². The average molecular weight is 1110 g/mol. The summed E-state index contributed by atoms with van der Waals surface area (Å²) in [7, 11) is 0. The number of thiazole rings is 3. The van der Waals surface area contributed by atoms with Gasteiger partial charge in [0.2, 0.25) is 0 Å². The first-order valence-electron chi connectivity index (χ1n) is 22.5. The van der Waals surface area contributed by atoms with Gasteiger partial charge in [-0.3, -0.25) is 44.2 Å². The number of hydrogen-bond acceptors (Lipinski definition) is 21. The Balaban J connectivity index is 0.000000187. The Kier molecular flexibility index (Phi) is 22.8. The second-order valence-electron chi connectivity index (χ2n) is 15.8. The van der Waals surface area contributed by atoms with E-state index < -0.39 is 21.7 Å². The number of carbonyl (C=O) groups is 5. The van der Waals surface area contributed by atoms with E-state index in [-0.39, 0.29) is 52.7 Å². The van der Waals surface area contributed by atoms with Crippen molar-refractivity contribution >= 4 is 104 Å². The number of aromatic nitrogens is 7. The van der Waals surface area contributed by atoms with Gasteiger partial charge in [0.15, 0.2) is 0 Å². The summed E-state index contributed by atoms with van der Waals surface area (Å²) < 4.78 is 0. The number of anilines is 5. The molecule has 2 aromatic carbocycles. The predicted octanol–water partition coefficient (Wildman–Crippen LogP) is 8.72. The topological polar surface area (TPSA) is 370 Å². The van der Waals surface area contributed by atoms with Gasteiger partial charge in [-0.25, -0.2) is 34.9 Å². The van der Waals surface area contributed by atoms with Crippen LogP contribution in [0.25, 0.3) is 0 Å². The van der Waals surface area contributed by atoms with Gasteiger partial charge in [-0.1, -0.05) is 65.7 Å². The molecule has 0 saturated carbocycles. The Morgan fingerprint density at radius 2 is 0.936 bits per heavy atom. The molecule has 24 nitrogen and oxygen atoms in total. The lowest BCUT2D eigenvalue weighted by atomic mass is 10.0. The van der Waals surface area contributed by atoms with Crippen molar-refractivity contribution in [1.29, 1.82) is 0 Å². The number of ketones is 1. The number of amides is 3. The number of carboxylic acids is 1. The zero-order valence-electron chi connectivity index (χ0n) is 41.2. The fraction of sp³-hybridized carbons (Fsp3) is 0.0980. The summed E-state index contributed by atoms with van der Waals surface area (Å²) in [4.78, 5) is 104. The summed E-state index contributed by atoms with van der Waals surface area (Å²) in [6.45, 7) is 3.96. The standard InChI is InChI=1S/C19H17N3O2S.C9H6N4O3S.C9H8N4OS.C9H10O2.C5H5N3O2/c1-13-3-2-4-14(7-13)8-16(23)9-15-5-6-18(20-10-15)22-19(24)17-11-25-12-21-17;14-9(7-4-17-5-11-7)12-8-2-1-6(3-10-8)13(15)16;10-6-1-2-8(11-3-6)13-9(14)7-4-15-5-12-7;1-7-3-2-4-8(5-7)6-9(10)11;6-5-2-1-4(3-7-5)8(9)10/h2-7,10-12H,8-9H2,1H3,(H,20,22,24);1-5H,(H,10,12,14);1-5H,10H2,(H,11,13,14);2-5H,6H2,1H3,(H,10,11);1-3H,(H2,6,7). The zero-order valence-corrected chi connectivity index (χ0v) is 43.6. The number of nitrogens with one attached hydrogen (secondary N) is 3. The van der Waals surface area contributed by atoms with Crippen LogP contribution in [0, 0.1) is 34.1 Å². The van der Waals surface area contributed by atoms with E-state index in [1.165, 1.54) is 70.0 Å².